The molecule has 8 heteroatoms. The van der Waals surface area contributed by atoms with Gasteiger partial charge in [0.25, 0.3) is 0 Å². The van der Waals surface area contributed by atoms with Crippen LogP contribution in [0.1, 0.15) is 43.9 Å². The van der Waals surface area contributed by atoms with Crippen molar-refractivity contribution < 1.29 is 23.5 Å². The van der Waals surface area contributed by atoms with Crippen molar-refractivity contribution in [3.8, 4) is 11.5 Å². The molecular formula is C25H28BrFN2O4. The van der Waals surface area contributed by atoms with Gasteiger partial charge < -0.3 is 24.0 Å². The Morgan fingerprint density at radius 3 is 2.85 bits per heavy atom. The van der Waals surface area contributed by atoms with Gasteiger partial charge in [0.1, 0.15) is 24.1 Å². The quantitative estimate of drug-likeness (QED) is 0.491. The summed E-state index contributed by atoms with van der Waals surface area (Å²) in [7, 11) is 0. The molecule has 2 aromatic carbocycles. The van der Waals surface area contributed by atoms with Crippen molar-refractivity contribution in [2.75, 3.05) is 26.2 Å². The smallest absolute Gasteiger partial charge is 0.170 e. The van der Waals surface area contributed by atoms with Crippen LogP contribution in [0.4, 0.5) is 4.39 Å². The molecule has 1 N–H and O–H groups in total. The molecular weight excluding hydrogens is 491 g/mol. The highest BCUT2D eigenvalue weighted by Gasteiger charge is 2.33. The van der Waals surface area contributed by atoms with E-state index in [1.54, 1.807) is 6.07 Å². The fourth-order valence-electron chi connectivity index (χ4n) is 4.90. The van der Waals surface area contributed by atoms with Crippen molar-refractivity contribution in [3.05, 3.63) is 51.9 Å². The highest BCUT2D eigenvalue weighted by molar-refractivity contribution is 9.10. The van der Waals surface area contributed by atoms with E-state index in [1.807, 2.05) is 6.07 Å². The average Bonchev–Trinajstić information content (AvgIpc) is 3.31. The molecule has 0 radical (unpaired) electrons. The maximum Gasteiger partial charge on any atom is 0.170 e. The van der Waals surface area contributed by atoms with Gasteiger partial charge in [-0.25, -0.2) is 4.39 Å². The van der Waals surface area contributed by atoms with E-state index in [4.69, 9.17) is 14.0 Å². The molecule has 1 unspecified atom stereocenters. The number of fused-ring (bicyclic) bond motifs is 2. The zero-order valence-electron chi connectivity index (χ0n) is 18.8. The highest BCUT2D eigenvalue weighted by atomic mass is 79.9. The van der Waals surface area contributed by atoms with Gasteiger partial charge in [0.15, 0.2) is 17.1 Å². The van der Waals surface area contributed by atoms with Crippen LogP contribution in [-0.4, -0.2) is 53.1 Å². The number of benzene rings is 2. The summed E-state index contributed by atoms with van der Waals surface area (Å²) in [5.74, 6) is 1.39. The average molecular weight is 519 g/mol. The monoisotopic (exact) mass is 518 g/mol. The first kappa shape index (κ1) is 22.6. The maximum atomic E-state index is 13.4. The van der Waals surface area contributed by atoms with Crippen molar-refractivity contribution >= 4 is 26.9 Å². The number of nitrogens with zero attached hydrogens (tertiary/aromatic N) is 2. The SMILES string of the molecule is CC1(C)Cc2cc(Br)cc(OCC(O)CN3CCC(c4noc5cc(F)ccc45)CC3)c2O1. The highest BCUT2D eigenvalue weighted by Crippen LogP contribution is 2.44. The summed E-state index contributed by atoms with van der Waals surface area (Å²) >= 11 is 3.54. The fourth-order valence-corrected chi connectivity index (χ4v) is 5.38. The molecule has 0 spiro atoms. The van der Waals surface area contributed by atoms with E-state index in [0.717, 1.165) is 59.2 Å². The summed E-state index contributed by atoms with van der Waals surface area (Å²) in [5.41, 5.74) is 2.25. The molecule has 0 aliphatic carbocycles. The van der Waals surface area contributed by atoms with Gasteiger partial charge in [-0.3, -0.25) is 0 Å². The van der Waals surface area contributed by atoms with Crippen LogP contribution in [0, 0.1) is 5.82 Å². The molecule has 33 heavy (non-hydrogen) atoms. The minimum atomic E-state index is -0.610. The maximum absolute atomic E-state index is 13.4. The molecule has 2 aliphatic heterocycles. The molecule has 6 nitrogen and oxygen atoms in total. The molecule has 1 saturated heterocycles. The third-order valence-corrected chi connectivity index (χ3v) is 6.89. The van der Waals surface area contributed by atoms with Crippen LogP contribution in [0.5, 0.6) is 11.5 Å². The molecule has 0 amide bonds. The number of aromatic nitrogens is 1. The first-order chi connectivity index (χ1) is 15.8. The van der Waals surface area contributed by atoms with Gasteiger partial charge in [0.05, 0.1) is 5.69 Å². The van der Waals surface area contributed by atoms with E-state index in [9.17, 15) is 9.50 Å². The number of likely N-dealkylation sites (tertiary alicyclic amines) is 1. The van der Waals surface area contributed by atoms with Crippen LogP contribution in [0.15, 0.2) is 39.3 Å². The summed E-state index contributed by atoms with van der Waals surface area (Å²) in [6.45, 7) is 6.56. The lowest BCUT2D eigenvalue weighted by molar-refractivity contribution is 0.0566. The number of rotatable bonds is 6. The number of β-amino-alcohol motifs (C(OH)–C–C–N with tert-alkyl or cyclic N) is 1. The van der Waals surface area contributed by atoms with E-state index in [1.165, 1.54) is 12.1 Å². The lowest BCUT2D eigenvalue weighted by Gasteiger charge is -2.32. The van der Waals surface area contributed by atoms with E-state index < -0.39 is 6.10 Å². The standard InChI is InChI=1S/C25H28BrFN2O4/c1-25(2)12-16-9-17(26)10-22(24(16)32-25)31-14-19(30)13-29-7-5-15(6-8-29)23-20-4-3-18(27)11-21(20)33-28-23/h3-4,9-11,15,19,30H,5-8,12-14H2,1-2H3. The van der Waals surface area contributed by atoms with Crippen molar-refractivity contribution in [2.24, 2.45) is 0 Å². The first-order valence-electron chi connectivity index (χ1n) is 11.4. The Morgan fingerprint density at radius 2 is 2.06 bits per heavy atom. The Bertz CT molecular complexity index is 1160. The lowest BCUT2D eigenvalue weighted by Crippen LogP contribution is -2.40. The van der Waals surface area contributed by atoms with Crippen LogP contribution in [-0.2, 0) is 6.42 Å². The normalized spacial score (nSPS) is 19.4. The largest absolute Gasteiger partial charge is 0.487 e. The van der Waals surface area contributed by atoms with Crippen LogP contribution in [0.2, 0.25) is 0 Å². The summed E-state index contributed by atoms with van der Waals surface area (Å²) < 4.78 is 31.7. The molecule has 1 atom stereocenters. The fraction of sp³-hybridized carbons (Fsp3) is 0.480. The van der Waals surface area contributed by atoms with E-state index in [0.29, 0.717) is 17.9 Å². The number of aliphatic hydroxyl groups is 1. The Labute approximate surface area is 200 Å². The number of hydrogen-bond acceptors (Lipinski definition) is 6. The van der Waals surface area contributed by atoms with Crippen molar-refractivity contribution in [3.63, 3.8) is 0 Å². The predicted octanol–water partition coefficient (Wildman–Crippen LogP) is 5.06. The Kier molecular flexibility index (Phi) is 6.09. The van der Waals surface area contributed by atoms with E-state index in [-0.39, 0.29) is 23.9 Å². The van der Waals surface area contributed by atoms with Crippen LogP contribution >= 0.6 is 15.9 Å². The number of aliphatic hydroxyl groups excluding tert-OH is 1. The third-order valence-electron chi connectivity index (χ3n) is 6.43. The van der Waals surface area contributed by atoms with Gasteiger partial charge in [-0.15, -0.1) is 0 Å². The molecule has 0 bridgehead atoms. The predicted molar refractivity (Wildman–Crippen MR) is 126 cm³/mol. The van der Waals surface area contributed by atoms with E-state index >= 15 is 0 Å². The molecule has 1 aromatic heterocycles. The minimum Gasteiger partial charge on any atom is -0.487 e. The lowest BCUT2D eigenvalue weighted by atomic mass is 9.91. The Morgan fingerprint density at radius 1 is 1.27 bits per heavy atom. The van der Waals surface area contributed by atoms with Gasteiger partial charge in [0, 0.05) is 40.4 Å². The minimum absolute atomic E-state index is 0.200. The molecule has 3 aromatic rings. The second-order valence-corrected chi connectivity index (χ2v) is 10.6. The van der Waals surface area contributed by atoms with Crippen LogP contribution < -0.4 is 9.47 Å². The molecule has 3 heterocycles. The van der Waals surface area contributed by atoms with Gasteiger partial charge >= 0.3 is 0 Å². The molecule has 5 rings (SSSR count). The Hall–Kier alpha value is -2.16. The number of piperidine rings is 1. The summed E-state index contributed by atoms with van der Waals surface area (Å²) in [4.78, 5) is 2.25. The number of hydrogen-bond donors (Lipinski definition) is 1. The summed E-state index contributed by atoms with van der Waals surface area (Å²) in [5, 5.41) is 15.7. The van der Waals surface area contributed by atoms with Gasteiger partial charge in [-0.05, 0) is 64.0 Å². The van der Waals surface area contributed by atoms with Gasteiger partial charge in [0.2, 0.25) is 0 Å². The molecule has 1 fully saturated rings. The topological polar surface area (TPSA) is 68.0 Å². The Balaban J connectivity index is 1.15. The molecule has 2 aliphatic rings. The van der Waals surface area contributed by atoms with Crippen molar-refractivity contribution in [1.82, 2.24) is 10.1 Å². The molecule has 0 saturated carbocycles. The zero-order valence-corrected chi connectivity index (χ0v) is 20.4. The van der Waals surface area contributed by atoms with Gasteiger partial charge in [-0.1, -0.05) is 21.1 Å². The summed E-state index contributed by atoms with van der Waals surface area (Å²) in [6.07, 6.45) is 2.04. The van der Waals surface area contributed by atoms with Crippen molar-refractivity contribution in [2.45, 2.75) is 50.7 Å². The number of ether oxygens (including phenoxy) is 2. The summed E-state index contributed by atoms with van der Waals surface area (Å²) in [6, 6.07) is 8.53. The second kappa shape index (κ2) is 8.89. The van der Waals surface area contributed by atoms with Crippen molar-refractivity contribution in [1.29, 1.82) is 0 Å². The first-order valence-corrected chi connectivity index (χ1v) is 12.2. The van der Waals surface area contributed by atoms with Crippen LogP contribution in [0.25, 0.3) is 11.0 Å². The van der Waals surface area contributed by atoms with Gasteiger partial charge in [-0.2, -0.15) is 0 Å². The van der Waals surface area contributed by atoms with E-state index in [2.05, 4.69) is 45.9 Å². The van der Waals surface area contributed by atoms with Crippen LogP contribution in [0.3, 0.4) is 0 Å². The number of halogens is 2. The molecule has 176 valence electrons. The second-order valence-electron chi connectivity index (χ2n) is 9.68. The third kappa shape index (κ3) is 4.88. The zero-order chi connectivity index (χ0) is 23.2.